The molecule has 0 aromatic heterocycles. The molecule has 0 bridgehead atoms. The van der Waals surface area contributed by atoms with Crippen LogP contribution in [0.1, 0.15) is 179 Å². The molecule has 30 heteroatoms. The van der Waals surface area contributed by atoms with Crippen molar-refractivity contribution in [2.75, 3.05) is 164 Å². The number of esters is 4. The van der Waals surface area contributed by atoms with Gasteiger partial charge >= 0.3 is 29.8 Å². The van der Waals surface area contributed by atoms with Crippen LogP contribution in [-0.2, 0) is 114 Å². The lowest BCUT2D eigenvalue weighted by Crippen LogP contribution is -2.40. The van der Waals surface area contributed by atoms with E-state index in [1.165, 1.54) is 14.2 Å². The summed E-state index contributed by atoms with van der Waals surface area (Å²) in [7, 11) is 18.9. The van der Waals surface area contributed by atoms with Gasteiger partial charge in [-0.05, 0) is 115 Å². The van der Waals surface area contributed by atoms with E-state index in [0.717, 1.165) is 25.7 Å². The Morgan fingerprint density at radius 1 is 0.421 bits per heavy atom. The van der Waals surface area contributed by atoms with Gasteiger partial charge in [-0.3, -0.25) is 47.9 Å². The maximum absolute atomic E-state index is 11.1. The summed E-state index contributed by atoms with van der Waals surface area (Å²) in [5, 5.41) is 18.8. The number of rotatable bonds is 39. The Labute approximate surface area is 571 Å². The Kier molecular flexibility index (Phi) is 103. The van der Waals surface area contributed by atoms with Gasteiger partial charge in [-0.1, -0.05) is 0 Å². The molecule has 30 nitrogen and oxygen atoms in total. The highest BCUT2D eigenvalue weighted by molar-refractivity contribution is 5.77. The average Bonchev–Trinajstić information content (AvgIpc) is 1.84. The molecule has 0 heterocycles. The first-order chi connectivity index (χ1) is 44.5. The minimum atomic E-state index is -0.762. The molecule has 0 saturated carbocycles. The Morgan fingerprint density at radius 3 is 1.05 bits per heavy atom. The molecule has 0 spiro atoms. The molecule has 0 rings (SSSR count). The van der Waals surface area contributed by atoms with Crippen molar-refractivity contribution in [2.24, 2.45) is 5.73 Å². The molecular formula is C65H135N5O25. The second kappa shape index (κ2) is 88.3. The van der Waals surface area contributed by atoms with Crippen LogP contribution in [0.2, 0.25) is 0 Å². The molecule has 570 valence electrons. The Balaban J connectivity index is -0.000000106. The number of primary amides is 1. The van der Waals surface area contributed by atoms with Crippen molar-refractivity contribution >= 4 is 59.4 Å². The highest BCUT2D eigenvalue weighted by Gasteiger charge is 2.16. The average molecular weight is 1390 g/mol. The molecule has 0 aliphatic heterocycles. The third-order valence-electron chi connectivity index (χ3n) is 9.28. The molecule has 0 aromatic carbocycles. The zero-order chi connectivity index (χ0) is 75.7. The molecule has 5 amide bonds. The van der Waals surface area contributed by atoms with E-state index >= 15 is 0 Å². The second-order valence-corrected chi connectivity index (χ2v) is 21.7. The summed E-state index contributed by atoms with van der Waals surface area (Å²) in [4.78, 5) is 106. The fourth-order valence-electron chi connectivity index (χ4n) is 5.13. The molecule has 95 heavy (non-hydrogen) atoms. The summed E-state index contributed by atoms with van der Waals surface area (Å²) in [6.07, 6.45) is 7.66. The van der Waals surface area contributed by atoms with Crippen LogP contribution in [0.3, 0.4) is 0 Å². The number of nitrogens with two attached hydrogens (primary N) is 1. The van der Waals surface area contributed by atoms with Crippen molar-refractivity contribution in [3.63, 3.8) is 0 Å². The van der Waals surface area contributed by atoms with Gasteiger partial charge in [0.25, 0.3) is 0 Å². The number of aliphatic carboxylic acids is 1. The summed E-state index contributed by atoms with van der Waals surface area (Å²) in [6, 6.07) is 0.226. The van der Waals surface area contributed by atoms with E-state index in [-0.39, 0.29) is 83.1 Å². The van der Waals surface area contributed by atoms with Gasteiger partial charge < -0.3 is 98.4 Å². The van der Waals surface area contributed by atoms with E-state index in [0.29, 0.717) is 143 Å². The Bertz CT molecular complexity index is 1750. The zero-order valence-corrected chi connectivity index (χ0v) is 63.1. The van der Waals surface area contributed by atoms with Gasteiger partial charge in [0.05, 0.1) is 52.9 Å². The normalized spacial score (nSPS) is 9.83. The van der Waals surface area contributed by atoms with Gasteiger partial charge in [-0.15, -0.1) is 0 Å². The van der Waals surface area contributed by atoms with E-state index in [1.54, 1.807) is 78.0 Å². The largest absolute Gasteiger partial charge is 0.481 e. The summed E-state index contributed by atoms with van der Waals surface area (Å²) >= 11 is 0. The fraction of sp³-hybridized carbons (Fsp3) is 0.846. The molecule has 0 aromatic rings. The van der Waals surface area contributed by atoms with Crippen LogP contribution in [0.15, 0.2) is 0 Å². The summed E-state index contributed by atoms with van der Waals surface area (Å²) < 4.78 is 66.2. The zero-order valence-electron chi connectivity index (χ0n) is 63.1. The third kappa shape index (κ3) is 145. The number of carboxylic acids is 1. The van der Waals surface area contributed by atoms with Crippen LogP contribution < -0.4 is 27.0 Å². The van der Waals surface area contributed by atoms with Crippen LogP contribution in [-0.4, -0.2) is 252 Å². The minimum Gasteiger partial charge on any atom is -0.481 e. The fourth-order valence-corrected chi connectivity index (χ4v) is 5.13. The van der Waals surface area contributed by atoms with E-state index in [9.17, 15) is 47.9 Å². The van der Waals surface area contributed by atoms with Gasteiger partial charge in [-0.25, -0.2) is 0 Å². The first kappa shape index (κ1) is 111. The number of methoxy groups -OCH3 is 11. The SMILES string of the molecule is CCNC(=O)CCOC.CCOC(=O)CCCOC.CNC(=O)CCOC.COCCC(=O)NC(C)(C)C.COCCC(=O)NC(C)C.COCCC(N)=O.COCCCC(=O)O.COCCCC(=O)OC.COCCCC(=O)OC(C)(C)C.COCCCC(=O)OC(C)C. The lowest BCUT2D eigenvalue weighted by atomic mass is 10.1. The monoisotopic (exact) mass is 1390 g/mol. The van der Waals surface area contributed by atoms with Crippen molar-refractivity contribution in [1.29, 1.82) is 0 Å². The lowest BCUT2D eigenvalue weighted by Gasteiger charge is -2.20. The van der Waals surface area contributed by atoms with Crippen LogP contribution in [0.4, 0.5) is 0 Å². The molecular weight excluding hydrogens is 1250 g/mol. The Morgan fingerprint density at radius 2 is 0.758 bits per heavy atom. The highest BCUT2D eigenvalue weighted by atomic mass is 16.6. The number of carboxylic acid groups (broad SMARTS) is 1. The van der Waals surface area contributed by atoms with Crippen molar-refractivity contribution in [3.05, 3.63) is 0 Å². The van der Waals surface area contributed by atoms with E-state index in [2.05, 4.69) is 40.2 Å². The second-order valence-electron chi connectivity index (χ2n) is 21.7. The number of amides is 5. The smallest absolute Gasteiger partial charge is 0.306 e. The number of ether oxygens (including phenoxy) is 14. The number of carbonyl (C=O) groups excluding carboxylic acids is 9. The maximum Gasteiger partial charge on any atom is 0.306 e. The summed E-state index contributed by atoms with van der Waals surface area (Å²) in [6.45, 7) is 29.3. The van der Waals surface area contributed by atoms with Gasteiger partial charge in [0, 0.05) is 194 Å². The molecule has 0 aliphatic rings. The molecule has 0 atom stereocenters. The van der Waals surface area contributed by atoms with Crippen molar-refractivity contribution in [3.8, 4) is 0 Å². The lowest BCUT2D eigenvalue weighted by molar-refractivity contribution is -0.155. The molecule has 0 saturated heterocycles. The predicted molar refractivity (Wildman–Crippen MR) is 364 cm³/mol. The van der Waals surface area contributed by atoms with E-state index < -0.39 is 5.97 Å². The standard InChI is InChI=1S/C9H18O3.C8H17NO2.C8H16O3.C7H15NO2.C7H14O3.C6H13NO2.C6H12O3.C5H11NO2.C5H10O3.C4H9NO2/c1-9(2,3)12-8(10)6-5-7-11-4;1-8(2,3)9-7(10)5-6-11-4;1-7(2)11-8(9)5-4-6-10-3;1-6(2)8-7(9)4-5-10-3;1-3-10-7(8)5-4-6-9-2;1-3-7-6(8)4-5-9-2;1-8-5-3-4-6(7)9-2;1-6-5(7)3-4-8-2;1-8-4-2-3-5(6)7;1-7-3-2-4(5)6/h5-7H2,1-4H3;5-6H2,1-4H3,(H,9,10);7H,4-6H2,1-3H3;6H,4-5H2,1-3H3,(H,8,9);3-6H2,1-2H3;3-5H2,1-2H3,(H,7,8);3-5H2,1-2H3;3-4H2,1-2H3,(H,6,7);2-4H2,1H3,(H,6,7);2-3H2,1H3,(H2,5,6). The molecule has 0 fully saturated rings. The molecule has 0 radical (unpaired) electrons. The number of nitrogens with one attached hydrogen (secondary N) is 4. The van der Waals surface area contributed by atoms with Crippen LogP contribution >= 0.6 is 0 Å². The number of hydrogen-bond acceptors (Lipinski definition) is 24. The summed E-state index contributed by atoms with van der Waals surface area (Å²) in [5.74, 6) is -1.52. The number of hydrogen-bond donors (Lipinski definition) is 6. The van der Waals surface area contributed by atoms with Crippen LogP contribution in [0, 0.1) is 0 Å². The highest BCUT2D eigenvalue weighted by Crippen LogP contribution is 2.09. The van der Waals surface area contributed by atoms with Crippen molar-refractivity contribution < 1.29 is 119 Å². The first-order valence-electron chi connectivity index (χ1n) is 31.6. The topological polar surface area (TPSA) is 394 Å². The van der Waals surface area contributed by atoms with E-state index in [1.807, 2.05) is 76.2 Å². The maximum atomic E-state index is 11.1. The van der Waals surface area contributed by atoms with Crippen molar-refractivity contribution in [2.45, 2.75) is 203 Å². The van der Waals surface area contributed by atoms with Gasteiger partial charge in [-0.2, -0.15) is 0 Å². The third-order valence-corrected chi connectivity index (χ3v) is 9.28. The van der Waals surface area contributed by atoms with Crippen LogP contribution in [0.25, 0.3) is 0 Å². The van der Waals surface area contributed by atoms with E-state index in [4.69, 9.17) is 58.2 Å². The van der Waals surface area contributed by atoms with Crippen molar-refractivity contribution in [1.82, 2.24) is 21.3 Å². The number of carbonyl (C=O) groups is 10. The van der Waals surface area contributed by atoms with Gasteiger partial charge in [0.15, 0.2) is 0 Å². The molecule has 0 aliphatic carbocycles. The Hall–Kier alpha value is -5.70. The quantitative estimate of drug-likeness (QED) is 0.0230. The minimum absolute atomic E-state index is 0.00922. The first-order valence-corrected chi connectivity index (χ1v) is 31.6. The molecule has 0 unspecified atom stereocenters. The van der Waals surface area contributed by atoms with Gasteiger partial charge in [0.2, 0.25) is 29.5 Å². The predicted octanol–water partition coefficient (Wildman–Crippen LogP) is 6.10. The molecule has 7 N–H and O–H groups in total. The van der Waals surface area contributed by atoms with Crippen LogP contribution in [0.5, 0.6) is 0 Å². The van der Waals surface area contributed by atoms with Gasteiger partial charge in [0.1, 0.15) is 5.60 Å². The summed E-state index contributed by atoms with van der Waals surface area (Å²) in [5.41, 5.74) is 4.25.